The number of rotatable bonds is 3. The molecule has 0 atom stereocenters. The SMILES string of the molecule is COc1ccc(CNCl)cc1O. The van der Waals surface area contributed by atoms with Crippen LogP contribution in [0.4, 0.5) is 0 Å². The molecule has 0 amide bonds. The molecule has 0 unspecified atom stereocenters. The maximum absolute atomic E-state index is 9.32. The van der Waals surface area contributed by atoms with Gasteiger partial charge >= 0.3 is 0 Å². The van der Waals surface area contributed by atoms with Crippen molar-refractivity contribution in [1.82, 2.24) is 4.84 Å². The van der Waals surface area contributed by atoms with Gasteiger partial charge in [-0.2, -0.15) is 0 Å². The Hall–Kier alpha value is -0.930. The van der Waals surface area contributed by atoms with E-state index >= 15 is 0 Å². The summed E-state index contributed by atoms with van der Waals surface area (Å²) < 4.78 is 4.87. The van der Waals surface area contributed by atoms with Crippen LogP contribution in [0, 0.1) is 0 Å². The van der Waals surface area contributed by atoms with Crippen molar-refractivity contribution >= 4 is 11.8 Å². The maximum atomic E-state index is 9.32. The second-order valence-electron chi connectivity index (χ2n) is 2.32. The summed E-state index contributed by atoms with van der Waals surface area (Å²) in [4.78, 5) is 2.47. The summed E-state index contributed by atoms with van der Waals surface area (Å²) in [6.45, 7) is 0.513. The summed E-state index contributed by atoms with van der Waals surface area (Å²) in [5.41, 5.74) is 0.906. The largest absolute Gasteiger partial charge is 0.504 e. The Morgan fingerprint density at radius 2 is 2.33 bits per heavy atom. The molecule has 0 bridgehead atoms. The van der Waals surface area contributed by atoms with E-state index in [1.165, 1.54) is 7.11 Å². The van der Waals surface area contributed by atoms with Crippen molar-refractivity contribution in [3.63, 3.8) is 0 Å². The number of benzene rings is 1. The first kappa shape index (κ1) is 9.16. The molecule has 0 aliphatic rings. The van der Waals surface area contributed by atoms with Crippen LogP contribution in [-0.4, -0.2) is 12.2 Å². The molecular weight excluding hydrogens is 178 g/mol. The Morgan fingerprint density at radius 3 is 2.83 bits per heavy atom. The molecule has 0 heterocycles. The molecule has 1 aromatic rings. The van der Waals surface area contributed by atoms with E-state index in [0.717, 1.165) is 5.56 Å². The van der Waals surface area contributed by atoms with Gasteiger partial charge in [0.15, 0.2) is 11.5 Å². The average molecular weight is 188 g/mol. The predicted octanol–water partition coefficient (Wildman–Crippen LogP) is 1.64. The molecule has 0 fully saturated rings. The van der Waals surface area contributed by atoms with E-state index in [-0.39, 0.29) is 5.75 Å². The summed E-state index contributed by atoms with van der Waals surface area (Å²) in [7, 11) is 1.51. The Bertz CT molecular complexity index is 265. The molecule has 0 saturated heterocycles. The molecule has 1 rings (SSSR count). The summed E-state index contributed by atoms with van der Waals surface area (Å²) >= 11 is 5.30. The third-order valence-corrected chi connectivity index (χ3v) is 1.65. The zero-order valence-electron chi connectivity index (χ0n) is 6.67. The van der Waals surface area contributed by atoms with Gasteiger partial charge in [0.1, 0.15) is 0 Å². The van der Waals surface area contributed by atoms with Crippen LogP contribution in [0.2, 0.25) is 0 Å². The van der Waals surface area contributed by atoms with Crippen LogP contribution >= 0.6 is 11.8 Å². The number of hydrogen-bond acceptors (Lipinski definition) is 3. The van der Waals surface area contributed by atoms with Gasteiger partial charge in [0.2, 0.25) is 0 Å². The molecule has 12 heavy (non-hydrogen) atoms. The van der Waals surface area contributed by atoms with E-state index in [1.54, 1.807) is 12.1 Å². The minimum atomic E-state index is 0.127. The molecule has 3 nitrogen and oxygen atoms in total. The van der Waals surface area contributed by atoms with Gasteiger partial charge in [0.05, 0.1) is 7.11 Å². The summed E-state index contributed by atoms with van der Waals surface area (Å²) in [6.07, 6.45) is 0. The molecule has 0 radical (unpaired) electrons. The van der Waals surface area contributed by atoms with Gasteiger partial charge in [-0.15, -0.1) is 0 Å². The Morgan fingerprint density at radius 1 is 1.58 bits per heavy atom. The molecule has 0 aliphatic heterocycles. The number of halogens is 1. The van der Waals surface area contributed by atoms with Crippen LogP contribution in [-0.2, 0) is 6.54 Å². The van der Waals surface area contributed by atoms with E-state index in [2.05, 4.69) is 4.84 Å². The average Bonchev–Trinajstić information content (AvgIpc) is 2.05. The van der Waals surface area contributed by atoms with Gasteiger partial charge in [0.25, 0.3) is 0 Å². The first-order valence-electron chi connectivity index (χ1n) is 3.47. The fourth-order valence-electron chi connectivity index (χ4n) is 0.923. The lowest BCUT2D eigenvalue weighted by Crippen LogP contribution is -1.97. The monoisotopic (exact) mass is 187 g/mol. The van der Waals surface area contributed by atoms with Crippen LogP contribution in [0.1, 0.15) is 5.56 Å². The van der Waals surface area contributed by atoms with Crippen molar-refractivity contribution in [3.8, 4) is 11.5 Å². The van der Waals surface area contributed by atoms with E-state index in [4.69, 9.17) is 16.5 Å². The van der Waals surface area contributed by atoms with Crippen molar-refractivity contribution in [2.75, 3.05) is 7.11 Å². The lowest BCUT2D eigenvalue weighted by atomic mass is 10.2. The lowest BCUT2D eigenvalue weighted by molar-refractivity contribution is 0.373. The van der Waals surface area contributed by atoms with E-state index < -0.39 is 0 Å². The quantitative estimate of drug-likeness (QED) is 0.707. The normalized spacial score (nSPS) is 9.83. The number of methoxy groups -OCH3 is 1. The number of hydrogen-bond donors (Lipinski definition) is 2. The van der Waals surface area contributed by atoms with Gasteiger partial charge in [-0.1, -0.05) is 6.07 Å². The third-order valence-electron chi connectivity index (χ3n) is 1.51. The Kier molecular flexibility index (Phi) is 3.19. The number of ether oxygens (including phenoxy) is 1. The number of phenols is 1. The van der Waals surface area contributed by atoms with Crippen LogP contribution < -0.4 is 9.57 Å². The highest BCUT2D eigenvalue weighted by atomic mass is 35.5. The summed E-state index contributed by atoms with van der Waals surface area (Å²) in [5.74, 6) is 0.593. The van der Waals surface area contributed by atoms with Gasteiger partial charge < -0.3 is 9.84 Å². The van der Waals surface area contributed by atoms with Crippen molar-refractivity contribution < 1.29 is 9.84 Å². The zero-order valence-corrected chi connectivity index (χ0v) is 7.43. The highest BCUT2D eigenvalue weighted by Crippen LogP contribution is 2.25. The summed E-state index contributed by atoms with van der Waals surface area (Å²) in [6, 6.07) is 5.13. The first-order valence-corrected chi connectivity index (χ1v) is 3.85. The number of phenolic OH excluding ortho intramolecular Hbond substituents is 1. The summed E-state index contributed by atoms with van der Waals surface area (Å²) in [5, 5.41) is 9.32. The van der Waals surface area contributed by atoms with Crippen LogP contribution in [0.25, 0.3) is 0 Å². The van der Waals surface area contributed by atoms with Crippen LogP contribution in [0.3, 0.4) is 0 Å². The molecule has 0 saturated carbocycles. The topological polar surface area (TPSA) is 41.5 Å². The molecule has 1 aromatic carbocycles. The molecule has 2 N–H and O–H groups in total. The minimum Gasteiger partial charge on any atom is -0.504 e. The third kappa shape index (κ3) is 2.03. The van der Waals surface area contributed by atoms with Crippen molar-refractivity contribution in [2.24, 2.45) is 0 Å². The van der Waals surface area contributed by atoms with Crippen LogP contribution in [0.5, 0.6) is 11.5 Å². The molecule has 4 heteroatoms. The van der Waals surface area contributed by atoms with E-state index in [9.17, 15) is 5.11 Å². The standard InChI is InChI=1S/C8H10ClNO2/c1-12-8-3-2-6(5-10-9)4-7(8)11/h2-4,10-11H,5H2,1H3. The number of aromatic hydroxyl groups is 1. The van der Waals surface area contributed by atoms with Gasteiger partial charge in [-0.05, 0) is 29.5 Å². The molecule has 0 spiro atoms. The maximum Gasteiger partial charge on any atom is 0.160 e. The van der Waals surface area contributed by atoms with Gasteiger partial charge in [-0.25, -0.2) is 4.84 Å². The lowest BCUT2D eigenvalue weighted by Gasteiger charge is -2.04. The Balaban J connectivity index is 2.86. The van der Waals surface area contributed by atoms with Gasteiger partial charge in [-0.3, -0.25) is 0 Å². The minimum absolute atomic E-state index is 0.127. The van der Waals surface area contributed by atoms with E-state index in [0.29, 0.717) is 12.3 Å². The van der Waals surface area contributed by atoms with Crippen molar-refractivity contribution in [1.29, 1.82) is 0 Å². The smallest absolute Gasteiger partial charge is 0.160 e. The number of nitrogens with one attached hydrogen (secondary N) is 1. The Labute approximate surface area is 76.0 Å². The first-order chi connectivity index (χ1) is 5.77. The van der Waals surface area contributed by atoms with E-state index in [1.807, 2.05) is 6.07 Å². The second kappa shape index (κ2) is 4.18. The van der Waals surface area contributed by atoms with Crippen LogP contribution in [0.15, 0.2) is 18.2 Å². The fraction of sp³-hybridized carbons (Fsp3) is 0.250. The molecule has 0 aromatic heterocycles. The molecule has 66 valence electrons. The predicted molar refractivity (Wildman–Crippen MR) is 47.4 cm³/mol. The van der Waals surface area contributed by atoms with Crippen molar-refractivity contribution in [2.45, 2.75) is 6.54 Å². The van der Waals surface area contributed by atoms with Crippen molar-refractivity contribution in [3.05, 3.63) is 23.8 Å². The molecular formula is C8H10ClNO2. The highest BCUT2D eigenvalue weighted by molar-refractivity contribution is 6.13. The second-order valence-corrected chi connectivity index (χ2v) is 2.58. The zero-order chi connectivity index (χ0) is 8.97. The van der Waals surface area contributed by atoms with Gasteiger partial charge in [0, 0.05) is 6.54 Å². The highest BCUT2D eigenvalue weighted by Gasteiger charge is 2.00. The molecule has 0 aliphatic carbocycles. The fourth-order valence-corrected chi connectivity index (χ4v) is 1.08.